The molecule has 24 heavy (non-hydrogen) atoms. The molecule has 1 aromatic carbocycles. The van der Waals surface area contributed by atoms with E-state index in [1.54, 1.807) is 12.1 Å². The van der Waals surface area contributed by atoms with Gasteiger partial charge in [-0.3, -0.25) is 4.68 Å². The van der Waals surface area contributed by atoms with Gasteiger partial charge in [-0.15, -0.1) is 0 Å². The first-order valence-electron chi connectivity index (χ1n) is 7.60. The fourth-order valence-corrected chi connectivity index (χ4v) is 3.63. The maximum atomic E-state index is 12.4. The van der Waals surface area contributed by atoms with Crippen LogP contribution < -0.4 is 14.2 Å². The summed E-state index contributed by atoms with van der Waals surface area (Å²) in [5, 5.41) is 4.35. The van der Waals surface area contributed by atoms with Crippen LogP contribution in [0.25, 0.3) is 0 Å². The Labute approximate surface area is 142 Å². The van der Waals surface area contributed by atoms with Crippen molar-refractivity contribution >= 4 is 10.0 Å². The van der Waals surface area contributed by atoms with E-state index in [1.807, 2.05) is 24.6 Å². The molecule has 0 atom stereocenters. The predicted molar refractivity (Wildman–Crippen MR) is 91.1 cm³/mol. The number of ether oxygens (including phenoxy) is 2. The van der Waals surface area contributed by atoms with E-state index in [0.717, 1.165) is 11.4 Å². The molecule has 0 radical (unpaired) electrons. The average Bonchev–Trinajstić information content (AvgIpc) is 2.88. The van der Waals surface area contributed by atoms with E-state index >= 15 is 0 Å². The maximum absolute atomic E-state index is 12.4. The molecule has 132 valence electrons. The van der Waals surface area contributed by atoms with Gasteiger partial charge < -0.3 is 9.47 Å². The van der Waals surface area contributed by atoms with Crippen molar-refractivity contribution < 1.29 is 17.9 Å². The number of nitrogens with one attached hydrogen (secondary N) is 1. The molecule has 0 bridgehead atoms. The molecule has 0 spiro atoms. The van der Waals surface area contributed by atoms with Crippen LogP contribution >= 0.6 is 0 Å². The number of sulfonamides is 1. The second kappa shape index (κ2) is 7.67. The van der Waals surface area contributed by atoms with E-state index in [0.29, 0.717) is 25.3 Å². The average molecular weight is 353 g/mol. The number of hydrogen-bond donors (Lipinski definition) is 1. The summed E-state index contributed by atoms with van der Waals surface area (Å²) in [5.74, 6) is 0.788. The molecular weight excluding hydrogens is 330 g/mol. The van der Waals surface area contributed by atoms with E-state index in [4.69, 9.17) is 9.47 Å². The highest BCUT2D eigenvalue weighted by atomic mass is 32.2. The van der Waals surface area contributed by atoms with Crippen LogP contribution in [0.15, 0.2) is 29.2 Å². The third-order valence-electron chi connectivity index (χ3n) is 3.60. The molecule has 1 aromatic heterocycles. The fourth-order valence-electron chi connectivity index (χ4n) is 2.41. The minimum Gasteiger partial charge on any atom is -0.497 e. The molecule has 0 fully saturated rings. The van der Waals surface area contributed by atoms with E-state index in [9.17, 15) is 8.42 Å². The Kier molecular flexibility index (Phi) is 5.84. The van der Waals surface area contributed by atoms with Crippen LogP contribution in [0.1, 0.15) is 17.8 Å². The molecule has 2 rings (SSSR count). The molecule has 2 aromatic rings. The molecule has 8 heteroatoms. The van der Waals surface area contributed by atoms with E-state index < -0.39 is 10.0 Å². The predicted octanol–water partition coefficient (Wildman–Crippen LogP) is 1.89. The molecule has 0 amide bonds. The molecule has 1 N–H and O–H groups in total. The number of benzene rings is 1. The van der Waals surface area contributed by atoms with Gasteiger partial charge in [0.2, 0.25) is 10.0 Å². The normalized spacial score (nSPS) is 11.5. The minimum absolute atomic E-state index is 0.0944. The number of rotatable bonds is 8. The molecule has 0 saturated carbocycles. The summed E-state index contributed by atoms with van der Waals surface area (Å²) in [7, 11) is -0.706. The van der Waals surface area contributed by atoms with Crippen LogP contribution in [0.3, 0.4) is 0 Å². The second-order valence-electron chi connectivity index (χ2n) is 5.42. The maximum Gasteiger partial charge on any atom is 0.244 e. The highest BCUT2D eigenvalue weighted by Gasteiger charge is 2.19. The van der Waals surface area contributed by atoms with Crippen LogP contribution in [0.5, 0.6) is 11.5 Å². The van der Waals surface area contributed by atoms with Gasteiger partial charge in [0.1, 0.15) is 16.4 Å². The summed E-state index contributed by atoms with van der Waals surface area (Å²) in [4.78, 5) is 0.0944. The molecule has 7 nitrogen and oxygen atoms in total. The summed E-state index contributed by atoms with van der Waals surface area (Å²) in [6.07, 6.45) is 0.639. The van der Waals surface area contributed by atoms with Gasteiger partial charge in [0.25, 0.3) is 0 Å². The lowest BCUT2D eigenvalue weighted by molar-refractivity contribution is 0.386. The van der Waals surface area contributed by atoms with Gasteiger partial charge in [-0.25, -0.2) is 13.1 Å². The summed E-state index contributed by atoms with van der Waals surface area (Å²) >= 11 is 0. The molecule has 0 saturated heterocycles. The molecule has 0 unspecified atom stereocenters. The fraction of sp³-hybridized carbons (Fsp3) is 0.438. The van der Waals surface area contributed by atoms with Gasteiger partial charge in [-0.2, -0.15) is 5.10 Å². The van der Waals surface area contributed by atoms with Crippen molar-refractivity contribution in [2.45, 2.75) is 31.7 Å². The number of aromatic nitrogens is 2. The Hall–Kier alpha value is -2.06. The second-order valence-corrected chi connectivity index (χ2v) is 7.15. The Bertz CT molecular complexity index is 800. The summed E-state index contributed by atoms with van der Waals surface area (Å²) in [6, 6.07) is 6.60. The Morgan fingerprint density at radius 1 is 1.17 bits per heavy atom. The van der Waals surface area contributed by atoms with E-state index in [1.165, 1.54) is 20.3 Å². The largest absolute Gasteiger partial charge is 0.497 e. The SMILES string of the molecule is COc1ccc(S(=O)(=O)NCCCn2nc(C)cc2C)c(OC)c1. The first-order chi connectivity index (χ1) is 11.4. The van der Waals surface area contributed by atoms with Gasteiger partial charge in [0, 0.05) is 24.8 Å². The van der Waals surface area contributed by atoms with Crippen LogP contribution in [0, 0.1) is 13.8 Å². The zero-order valence-electron chi connectivity index (χ0n) is 14.4. The Morgan fingerprint density at radius 3 is 2.50 bits per heavy atom. The molecule has 0 aliphatic carbocycles. The van der Waals surface area contributed by atoms with E-state index in [-0.39, 0.29) is 10.6 Å². The number of methoxy groups -OCH3 is 2. The molecular formula is C16H23N3O4S. The highest BCUT2D eigenvalue weighted by molar-refractivity contribution is 7.89. The lowest BCUT2D eigenvalue weighted by atomic mass is 10.3. The van der Waals surface area contributed by atoms with Crippen molar-refractivity contribution in [3.05, 3.63) is 35.7 Å². The van der Waals surface area contributed by atoms with Gasteiger partial charge >= 0.3 is 0 Å². The molecule has 1 heterocycles. The molecule has 0 aliphatic rings. The highest BCUT2D eigenvalue weighted by Crippen LogP contribution is 2.28. The first kappa shape index (κ1) is 18.3. The van der Waals surface area contributed by atoms with Crippen molar-refractivity contribution in [3.8, 4) is 11.5 Å². The van der Waals surface area contributed by atoms with Gasteiger partial charge in [0.05, 0.1) is 19.9 Å². The summed E-state index contributed by atoms with van der Waals surface area (Å²) < 4.78 is 39.6. The monoisotopic (exact) mass is 353 g/mol. The van der Waals surface area contributed by atoms with Crippen molar-refractivity contribution in [2.24, 2.45) is 0 Å². The van der Waals surface area contributed by atoms with Crippen molar-refractivity contribution in [2.75, 3.05) is 20.8 Å². The van der Waals surface area contributed by atoms with Crippen molar-refractivity contribution in [3.63, 3.8) is 0 Å². The summed E-state index contributed by atoms with van der Waals surface area (Å²) in [6.45, 7) is 4.88. The zero-order chi connectivity index (χ0) is 17.7. The standard InChI is InChI=1S/C16H23N3O4S/c1-12-10-13(2)19(18-12)9-5-8-17-24(20,21)16-7-6-14(22-3)11-15(16)23-4/h6-7,10-11,17H,5,8-9H2,1-4H3. The summed E-state index contributed by atoms with van der Waals surface area (Å²) in [5.41, 5.74) is 2.02. The molecule has 0 aliphatic heterocycles. The minimum atomic E-state index is -3.65. The van der Waals surface area contributed by atoms with Crippen molar-refractivity contribution in [1.82, 2.24) is 14.5 Å². The van der Waals surface area contributed by atoms with Crippen molar-refractivity contribution in [1.29, 1.82) is 0 Å². The quantitative estimate of drug-likeness (QED) is 0.733. The van der Waals surface area contributed by atoms with Gasteiger partial charge in [-0.05, 0) is 38.5 Å². The third kappa shape index (κ3) is 4.27. The van der Waals surface area contributed by atoms with Crippen LogP contribution in [-0.2, 0) is 16.6 Å². The van der Waals surface area contributed by atoms with Gasteiger partial charge in [0.15, 0.2) is 0 Å². The Morgan fingerprint density at radius 2 is 1.92 bits per heavy atom. The van der Waals surface area contributed by atoms with Crippen LogP contribution in [0.4, 0.5) is 0 Å². The van der Waals surface area contributed by atoms with E-state index in [2.05, 4.69) is 9.82 Å². The van der Waals surface area contributed by atoms with Gasteiger partial charge in [-0.1, -0.05) is 0 Å². The van der Waals surface area contributed by atoms with Crippen LogP contribution in [0.2, 0.25) is 0 Å². The number of aryl methyl sites for hydroxylation is 3. The smallest absolute Gasteiger partial charge is 0.244 e. The number of nitrogens with zero attached hydrogens (tertiary/aromatic N) is 2. The van der Waals surface area contributed by atoms with Crippen LogP contribution in [-0.4, -0.2) is 39.0 Å². The third-order valence-corrected chi connectivity index (χ3v) is 5.10. The zero-order valence-corrected chi connectivity index (χ0v) is 15.2. The topological polar surface area (TPSA) is 82.5 Å². The first-order valence-corrected chi connectivity index (χ1v) is 9.08. The lowest BCUT2D eigenvalue weighted by Crippen LogP contribution is -2.26. The number of hydrogen-bond acceptors (Lipinski definition) is 5. The lowest BCUT2D eigenvalue weighted by Gasteiger charge is -2.12. The Balaban J connectivity index is 2.00.